The van der Waals surface area contributed by atoms with Gasteiger partial charge in [0.15, 0.2) is 0 Å². The number of furan rings is 1. The first-order chi connectivity index (χ1) is 25.8. The van der Waals surface area contributed by atoms with Gasteiger partial charge in [0.25, 0.3) is 0 Å². The van der Waals surface area contributed by atoms with Gasteiger partial charge in [-0.15, -0.1) is 0 Å². The van der Waals surface area contributed by atoms with Crippen molar-refractivity contribution in [1.29, 1.82) is 0 Å². The van der Waals surface area contributed by atoms with Crippen LogP contribution in [0.2, 0.25) is 0 Å². The third-order valence-electron chi connectivity index (χ3n) is 10.5. The van der Waals surface area contributed by atoms with Gasteiger partial charge in [-0.3, -0.25) is 0 Å². The number of rotatable bonds is 5. The average molecular weight is 666 g/mol. The van der Waals surface area contributed by atoms with Gasteiger partial charge in [-0.25, -0.2) is 0 Å². The normalized spacial score (nSPS) is 11.8. The van der Waals surface area contributed by atoms with E-state index in [-0.39, 0.29) is 0 Å². The minimum Gasteiger partial charge on any atom is -0.455 e. The predicted octanol–water partition coefficient (Wildman–Crippen LogP) is 13.2. The molecule has 0 aliphatic heterocycles. The SMILES string of the molecule is c1ccc(N(c2ccc(-n3c4ccccc4c4c5oc6ccccc6c5ccc43)cc2)c2ccc3c(c2)c2ccccc2n3-c2ccccc2)cc1. The Hall–Kier alpha value is -7.04. The van der Waals surface area contributed by atoms with Gasteiger partial charge in [0.2, 0.25) is 0 Å². The van der Waals surface area contributed by atoms with Crippen LogP contribution in [0.5, 0.6) is 0 Å². The molecule has 52 heavy (non-hydrogen) atoms. The average Bonchev–Trinajstić information content (AvgIpc) is 3.87. The van der Waals surface area contributed by atoms with E-state index in [1.54, 1.807) is 0 Å². The second kappa shape index (κ2) is 11.2. The molecule has 0 saturated carbocycles. The minimum absolute atomic E-state index is 0.912. The Kier molecular flexibility index (Phi) is 6.22. The highest BCUT2D eigenvalue weighted by Gasteiger charge is 2.20. The van der Waals surface area contributed by atoms with E-state index in [1.807, 2.05) is 6.07 Å². The highest BCUT2D eigenvalue weighted by atomic mass is 16.3. The first kappa shape index (κ1) is 28.8. The van der Waals surface area contributed by atoms with Gasteiger partial charge in [-0.2, -0.15) is 0 Å². The van der Waals surface area contributed by atoms with Crippen LogP contribution in [0.4, 0.5) is 17.1 Å². The molecule has 0 atom stereocenters. The van der Waals surface area contributed by atoms with Gasteiger partial charge in [0, 0.05) is 55.4 Å². The molecule has 8 aromatic carbocycles. The van der Waals surface area contributed by atoms with Crippen molar-refractivity contribution in [2.75, 3.05) is 4.90 Å². The highest BCUT2D eigenvalue weighted by Crippen LogP contribution is 2.42. The van der Waals surface area contributed by atoms with Gasteiger partial charge < -0.3 is 18.5 Å². The van der Waals surface area contributed by atoms with E-state index in [9.17, 15) is 0 Å². The molecule has 0 radical (unpaired) electrons. The quantitative estimate of drug-likeness (QED) is 0.183. The maximum Gasteiger partial charge on any atom is 0.145 e. The van der Waals surface area contributed by atoms with E-state index < -0.39 is 0 Å². The van der Waals surface area contributed by atoms with Crippen molar-refractivity contribution in [3.05, 3.63) is 188 Å². The molecule has 11 rings (SSSR count). The van der Waals surface area contributed by atoms with Crippen LogP contribution < -0.4 is 4.90 Å². The monoisotopic (exact) mass is 665 g/mol. The fourth-order valence-corrected chi connectivity index (χ4v) is 8.24. The summed E-state index contributed by atoms with van der Waals surface area (Å²) in [6, 6.07) is 67.1. The number of aromatic nitrogens is 2. The van der Waals surface area contributed by atoms with Crippen molar-refractivity contribution in [3.63, 3.8) is 0 Å². The van der Waals surface area contributed by atoms with Crippen molar-refractivity contribution in [1.82, 2.24) is 9.13 Å². The Morgan fingerprint density at radius 2 is 0.885 bits per heavy atom. The second-order valence-corrected chi connectivity index (χ2v) is 13.4. The summed E-state index contributed by atoms with van der Waals surface area (Å²) in [5.41, 5.74) is 12.0. The summed E-state index contributed by atoms with van der Waals surface area (Å²) in [5, 5.41) is 7.06. The van der Waals surface area contributed by atoms with Crippen molar-refractivity contribution >= 4 is 82.6 Å². The standard InChI is InChI=1S/C48H31N3O/c1-3-13-32(14-4-1)49(36-27-29-44-41(31-36)37-17-7-10-20-42(37)50(44)33-15-5-2-6-16-33)34-23-25-35(26-24-34)51-43-21-11-8-19-40(43)47-45(51)30-28-39-38-18-9-12-22-46(38)52-48(39)47/h1-31H. The lowest BCUT2D eigenvalue weighted by Crippen LogP contribution is -2.10. The molecule has 244 valence electrons. The van der Waals surface area contributed by atoms with Gasteiger partial charge >= 0.3 is 0 Å². The Morgan fingerprint density at radius 3 is 1.67 bits per heavy atom. The first-order valence-electron chi connectivity index (χ1n) is 17.7. The third kappa shape index (κ3) is 4.21. The fourth-order valence-electron chi connectivity index (χ4n) is 8.24. The molecule has 0 aliphatic rings. The van der Waals surface area contributed by atoms with Gasteiger partial charge in [-0.05, 0) is 97.1 Å². The summed E-state index contributed by atoms with van der Waals surface area (Å²) < 4.78 is 11.3. The van der Waals surface area contributed by atoms with Crippen LogP contribution in [0.3, 0.4) is 0 Å². The van der Waals surface area contributed by atoms with E-state index in [0.717, 1.165) is 66.8 Å². The molecular weight excluding hydrogens is 635 g/mol. The predicted molar refractivity (Wildman–Crippen MR) is 217 cm³/mol. The van der Waals surface area contributed by atoms with Crippen LogP contribution in [0.1, 0.15) is 0 Å². The first-order valence-corrected chi connectivity index (χ1v) is 17.7. The molecular formula is C48H31N3O. The number of fused-ring (bicyclic) bond motifs is 10. The topological polar surface area (TPSA) is 26.2 Å². The molecule has 0 fully saturated rings. The number of para-hydroxylation sites is 5. The van der Waals surface area contributed by atoms with Crippen LogP contribution in [-0.2, 0) is 0 Å². The van der Waals surface area contributed by atoms with Crippen LogP contribution in [0, 0.1) is 0 Å². The number of anilines is 3. The maximum atomic E-state index is 6.53. The Bertz CT molecular complexity index is 3110. The van der Waals surface area contributed by atoms with Crippen molar-refractivity contribution < 1.29 is 4.42 Å². The van der Waals surface area contributed by atoms with Crippen LogP contribution in [0.25, 0.3) is 76.9 Å². The van der Waals surface area contributed by atoms with Crippen molar-refractivity contribution in [2.24, 2.45) is 0 Å². The zero-order valence-corrected chi connectivity index (χ0v) is 28.1. The molecule has 3 aromatic heterocycles. The summed E-state index contributed by atoms with van der Waals surface area (Å²) in [6.45, 7) is 0. The molecule has 0 aliphatic carbocycles. The highest BCUT2D eigenvalue weighted by molar-refractivity contribution is 6.23. The van der Waals surface area contributed by atoms with Gasteiger partial charge in [-0.1, -0.05) is 91.0 Å². The molecule has 0 amide bonds. The summed E-state index contributed by atoms with van der Waals surface area (Å²) >= 11 is 0. The van der Waals surface area contributed by atoms with E-state index in [4.69, 9.17) is 4.42 Å². The minimum atomic E-state index is 0.912. The van der Waals surface area contributed by atoms with E-state index in [0.29, 0.717) is 0 Å². The molecule has 0 unspecified atom stereocenters. The van der Waals surface area contributed by atoms with Crippen molar-refractivity contribution in [3.8, 4) is 11.4 Å². The zero-order valence-electron chi connectivity index (χ0n) is 28.1. The molecule has 4 nitrogen and oxygen atoms in total. The second-order valence-electron chi connectivity index (χ2n) is 13.4. The number of hydrogen-bond acceptors (Lipinski definition) is 2. The zero-order chi connectivity index (χ0) is 34.2. The summed E-state index contributed by atoms with van der Waals surface area (Å²) in [7, 11) is 0. The maximum absolute atomic E-state index is 6.53. The number of hydrogen-bond donors (Lipinski definition) is 0. The fraction of sp³-hybridized carbons (Fsp3) is 0. The van der Waals surface area contributed by atoms with E-state index >= 15 is 0 Å². The number of benzene rings is 8. The Labute approximate surface area is 299 Å². The summed E-state index contributed by atoms with van der Waals surface area (Å²) in [4.78, 5) is 2.35. The molecule has 3 heterocycles. The Balaban J connectivity index is 1.08. The molecule has 0 bridgehead atoms. The van der Waals surface area contributed by atoms with Crippen molar-refractivity contribution in [2.45, 2.75) is 0 Å². The van der Waals surface area contributed by atoms with Crippen LogP contribution >= 0.6 is 0 Å². The largest absolute Gasteiger partial charge is 0.455 e. The molecule has 0 N–H and O–H groups in total. The Morgan fingerprint density at radius 1 is 0.346 bits per heavy atom. The van der Waals surface area contributed by atoms with Crippen LogP contribution in [0.15, 0.2) is 192 Å². The molecule has 0 saturated heterocycles. The molecule has 0 spiro atoms. The number of nitrogens with zero attached hydrogens (tertiary/aromatic N) is 3. The lowest BCUT2D eigenvalue weighted by Gasteiger charge is -2.26. The molecule has 4 heteroatoms. The van der Waals surface area contributed by atoms with Gasteiger partial charge in [0.1, 0.15) is 11.2 Å². The molecule has 11 aromatic rings. The third-order valence-corrected chi connectivity index (χ3v) is 10.5. The lowest BCUT2D eigenvalue weighted by molar-refractivity contribution is 0.673. The van der Waals surface area contributed by atoms with Crippen LogP contribution in [-0.4, -0.2) is 9.13 Å². The summed E-state index contributed by atoms with van der Waals surface area (Å²) in [6.07, 6.45) is 0. The van der Waals surface area contributed by atoms with E-state index in [2.05, 4.69) is 196 Å². The van der Waals surface area contributed by atoms with E-state index in [1.165, 1.54) is 27.2 Å². The smallest absolute Gasteiger partial charge is 0.145 e. The lowest BCUT2D eigenvalue weighted by atomic mass is 10.1. The summed E-state index contributed by atoms with van der Waals surface area (Å²) in [5.74, 6) is 0. The van der Waals surface area contributed by atoms with Gasteiger partial charge in [0.05, 0.1) is 27.5 Å².